The number of carbonyl (C=O) groups is 4. The number of β-lactam (4-membered cyclic amide) rings is 1. The number of aromatic nitrogens is 1. The largest absolute Gasteiger partial charge is 0.503 e. The van der Waals surface area contributed by atoms with Gasteiger partial charge in [0.1, 0.15) is 6.04 Å². The summed E-state index contributed by atoms with van der Waals surface area (Å²) in [6.07, 6.45) is 1.02. The molecule has 0 aromatic carbocycles. The number of nitrogens with two attached hydrogens (primary N) is 1. The number of hydrogen-bond donors (Lipinski definition) is 4. The van der Waals surface area contributed by atoms with Gasteiger partial charge in [-0.3, -0.25) is 24.1 Å². The Morgan fingerprint density at radius 2 is 1.93 bits per heavy atom. The van der Waals surface area contributed by atoms with E-state index in [2.05, 4.69) is 4.98 Å². The molecule has 2 fully saturated rings. The third kappa shape index (κ3) is 3.77. The van der Waals surface area contributed by atoms with E-state index >= 15 is 0 Å². The van der Waals surface area contributed by atoms with Gasteiger partial charge >= 0.3 is 28.1 Å². The van der Waals surface area contributed by atoms with Crippen LogP contribution >= 0.6 is 0 Å². The summed E-state index contributed by atoms with van der Waals surface area (Å²) in [5.41, 5.74) is 4.84. The molecular weight excluding hydrogens is 412 g/mol. The molecule has 3 rings (SSSR count). The lowest BCUT2D eigenvalue weighted by Gasteiger charge is -2.36. The molecule has 2 aliphatic heterocycles. The summed E-state index contributed by atoms with van der Waals surface area (Å²) in [5.74, 6) is -3.88. The minimum Gasteiger partial charge on any atom is -0.503 e. The van der Waals surface area contributed by atoms with Crippen LogP contribution in [0.1, 0.15) is 5.69 Å². The quantitative estimate of drug-likeness (QED) is 0.275. The zero-order chi connectivity index (χ0) is 21.5. The maximum absolute atomic E-state index is 12.3. The molecule has 0 saturated carbocycles. The van der Waals surface area contributed by atoms with Gasteiger partial charge < -0.3 is 20.7 Å². The van der Waals surface area contributed by atoms with Gasteiger partial charge in [-0.05, 0) is 0 Å². The molecule has 1 aromatic rings. The lowest BCUT2D eigenvalue weighted by atomic mass is 10.1. The fourth-order valence-electron chi connectivity index (χ4n) is 2.70. The van der Waals surface area contributed by atoms with Crippen molar-refractivity contribution in [3.63, 3.8) is 0 Å². The van der Waals surface area contributed by atoms with E-state index in [9.17, 15) is 37.5 Å². The van der Waals surface area contributed by atoms with Gasteiger partial charge in [-0.25, -0.2) is 13.8 Å². The number of rotatable bonds is 4. The Morgan fingerprint density at radius 1 is 1.24 bits per heavy atom. The molecule has 5 amide bonds. The first-order valence-electron chi connectivity index (χ1n) is 8.16. The lowest BCUT2D eigenvalue weighted by Crippen LogP contribution is -2.66. The molecule has 1 aromatic heterocycles. The molecule has 3 heterocycles. The van der Waals surface area contributed by atoms with Gasteiger partial charge in [-0.15, -0.1) is 0 Å². The second kappa shape index (κ2) is 7.17. The molecular formula is C14H16N6O8S. The average molecular weight is 428 g/mol. The van der Waals surface area contributed by atoms with Crippen LogP contribution in [0.2, 0.25) is 0 Å². The summed E-state index contributed by atoms with van der Waals surface area (Å²) < 4.78 is 26.3. The summed E-state index contributed by atoms with van der Waals surface area (Å²) in [6, 6.07) is -1.15. The van der Waals surface area contributed by atoms with Crippen molar-refractivity contribution in [1.29, 1.82) is 0 Å². The fraction of sp³-hybridized carbons (Fsp3) is 0.357. The highest BCUT2D eigenvalue weighted by molar-refractivity contribution is 7.88. The van der Waals surface area contributed by atoms with E-state index in [4.69, 9.17) is 5.73 Å². The molecule has 14 nitrogen and oxygen atoms in total. The number of pyridine rings is 1. The predicted octanol–water partition coefficient (Wildman–Crippen LogP) is -3.62. The molecule has 5 N–H and O–H groups in total. The standard InChI is InChI=1S/C14H16N6O8S/c15-8-6-19(11(8)23)14(26)17-29(27,28)20-2-1-18(12(24)13(20)25)5-7-3-9(21)10(22)4-16-7/h3-4,8,22H,1-2,5-6,15H2,(H,16,21)(H,17,26)/t8-/m0/s1. The van der Waals surface area contributed by atoms with E-state index < -0.39 is 57.7 Å². The number of hydrogen-bond acceptors (Lipinski definition) is 9. The number of aromatic amines is 1. The molecule has 0 aliphatic carbocycles. The van der Waals surface area contributed by atoms with Crippen LogP contribution in [0.15, 0.2) is 17.1 Å². The van der Waals surface area contributed by atoms with Crippen LogP contribution in [0.25, 0.3) is 0 Å². The highest BCUT2D eigenvalue weighted by Gasteiger charge is 2.43. The van der Waals surface area contributed by atoms with Crippen molar-refractivity contribution in [1.82, 2.24) is 23.8 Å². The van der Waals surface area contributed by atoms with Gasteiger partial charge in [0.2, 0.25) is 11.3 Å². The maximum atomic E-state index is 12.3. The van der Waals surface area contributed by atoms with Crippen molar-refractivity contribution in [3.8, 4) is 5.75 Å². The zero-order valence-corrected chi connectivity index (χ0v) is 15.5. The minimum atomic E-state index is -4.72. The first-order chi connectivity index (χ1) is 13.5. The van der Waals surface area contributed by atoms with E-state index in [1.165, 1.54) is 0 Å². The number of likely N-dealkylation sites (tertiary alicyclic amines) is 1. The summed E-state index contributed by atoms with van der Waals surface area (Å²) in [4.78, 5) is 63.3. The Kier molecular flexibility index (Phi) is 5.02. The number of urea groups is 1. The SMILES string of the molecule is N[C@H]1CN(C(=O)NS(=O)(=O)N2CCN(Cc3cc(=O)c(O)c[nH]3)C(=O)C2=O)C1=O. The monoisotopic (exact) mass is 428 g/mol. The molecule has 2 aliphatic rings. The number of H-pyrrole nitrogens is 1. The van der Waals surface area contributed by atoms with Crippen LogP contribution in [0.5, 0.6) is 5.75 Å². The van der Waals surface area contributed by atoms with Gasteiger partial charge in [-0.2, -0.15) is 8.42 Å². The first-order valence-corrected chi connectivity index (χ1v) is 9.60. The Hall–Kier alpha value is -3.46. The number of amides is 5. The summed E-state index contributed by atoms with van der Waals surface area (Å²) in [5, 5.41) is 9.21. The summed E-state index contributed by atoms with van der Waals surface area (Å²) in [6.45, 7) is -1.05. The number of nitrogens with one attached hydrogen (secondary N) is 2. The minimum absolute atomic E-state index is 0.175. The normalized spacial score (nSPS) is 20.0. The predicted molar refractivity (Wildman–Crippen MR) is 93.0 cm³/mol. The van der Waals surface area contributed by atoms with Crippen LogP contribution in [0.4, 0.5) is 4.79 Å². The van der Waals surface area contributed by atoms with Crippen molar-refractivity contribution >= 4 is 34.0 Å². The number of aromatic hydroxyl groups is 1. The maximum Gasteiger partial charge on any atom is 0.339 e. The van der Waals surface area contributed by atoms with Gasteiger partial charge in [0.15, 0.2) is 5.75 Å². The molecule has 156 valence electrons. The van der Waals surface area contributed by atoms with Crippen LogP contribution in [-0.2, 0) is 31.1 Å². The number of carbonyl (C=O) groups excluding carboxylic acids is 4. The number of piperazine rings is 1. The molecule has 0 radical (unpaired) electrons. The van der Waals surface area contributed by atoms with Gasteiger partial charge in [-0.1, -0.05) is 0 Å². The van der Waals surface area contributed by atoms with Crippen molar-refractivity contribution in [2.24, 2.45) is 5.73 Å². The molecule has 15 heteroatoms. The molecule has 0 spiro atoms. The van der Waals surface area contributed by atoms with Crippen molar-refractivity contribution in [3.05, 3.63) is 28.2 Å². The van der Waals surface area contributed by atoms with Gasteiger partial charge in [0, 0.05) is 24.5 Å². The topological polar surface area (TPSA) is 203 Å². The smallest absolute Gasteiger partial charge is 0.339 e. The second-order valence-electron chi connectivity index (χ2n) is 6.28. The van der Waals surface area contributed by atoms with Gasteiger partial charge in [0.05, 0.1) is 19.6 Å². The average Bonchev–Trinajstić information content (AvgIpc) is 2.65. The zero-order valence-electron chi connectivity index (χ0n) is 14.7. The van der Waals surface area contributed by atoms with Crippen molar-refractivity contribution < 1.29 is 32.7 Å². The van der Waals surface area contributed by atoms with Crippen LogP contribution < -0.4 is 15.9 Å². The summed E-state index contributed by atoms with van der Waals surface area (Å²) >= 11 is 0. The van der Waals surface area contributed by atoms with Crippen molar-refractivity contribution in [2.45, 2.75) is 12.6 Å². The van der Waals surface area contributed by atoms with E-state index in [1.54, 1.807) is 4.72 Å². The number of nitrogens with zero attached hydrogens (tertiary/aromatic N) is 3. The van der Waals surface area contributed by atoms with E-state index in [0.717, 1.165) is 17.2 Å². The van der Waals surface area contributed by atoms with Gasteiger partial charge in [0.25, 0.3) is 0 Å². The number of imide groups is 1. The summed E-state index contributed by atoms with van der Waals surface area (Å²) in [7, 11) is -4.72. The Bertz CT molecular complexity index is 1070. The van der Waals surface area contributed by atoms with Crippen LogP contribution in [-0.4, -0.2) is 82.0 Å². The Morgan fingerprint density at radius 3 is 2.52 bits per heavy atom. The third-order valence-corrected chi connectivity index (χ3v) is 5.66. The Labute approximate surface area is 163 Å². The van der Waals surface area contributed by atoms with E-state index in [0.29, 0.717) is 4.90 Å². The highest BCUT2D eigenvalue weighted by atomic mass is 32.2. The van der Waals surface area contributed by atoms with Crippen molar-refractivity contribution in [2.75, 3.05) is 19.6 Å². The molecule has 0 unspecified atom stereocenters. The molecule has 1 atom stereocenters. The van der Waals surface area contributed by atoms with E-state index in [1.807, 2.05) is 0 Å². The fourth-order valence-corrected chi connectivity index (χ4v) is 3.76. The second-order valence-corrected chi connectivity index (χ2v) is 7.87. The molecule has 0 bridgehead atoms. The highest BCUT2D eigenvalue weighted by Crippen LogP contribution is 2.14. The van der Waals surface area contributed by atoms with Crippen LogP contribution in [0.3, 0.4) is 0 Å². The lowest BCUT2D eigenvalue weighted by molar-refractivity contribution is -0.152. The van der Waals surface area contributed by atoms with Crippen LogP contribution in [0, 0.1) is 0 Å². The molecule has 2 saturated heterocycles. The van der Waals surface area contributed by atoms with E-state index in [-0.39, 0.29) is 29.6 Å². The molecule has 29 heavy (non-hydrogen) atoms. The Balaban J connectivity index is 1.67. The third-order valence-electron chi connectivity index (χ3n) is 4.30. The first kappa shape index (κ1) is 20.3.